The molecule has 0 N–H and O–H groups in total. The Balaban J connectivity index is 2.56. The summed E-state index contributed by atoms with van der Waals surface area (Å²) in [5.74, 6) is 1.60. The lowest BCUT2D eigenvalue weighted by Gasteiger charge is -2.13. The summed E-state index contributed by atoms with van der Waals surface area (Å²) in [6.07, 6.45) is 1.10. The second kappa shape index (κ2) is 6.31. The lowest BCUT2D eigenvalue weighted by molar-refractivity contribution is -0.119. The number of hydrogen-bond donors (Lipinski definition) is 0. The second-order valence-electron chi connectivity index (χ2n) is 4.18. The fourth-order valence-corrected chi connectivity index (χ4v) is 1.54. The highest BCUT2D eigenvalue weighted by Gasteiger charge is 2.07. The molecule has 0 unspecified atom stereocenters. The summed E-state index contributed by atoms with van der Waals surface area (Å²) in [5.41, 5.74) is 1.20. The normalized spacial score (nSPS) is 10.5. The molecule has 1 aromatic carbocycles. The van der Waals surface area contributed by atoms with E-state index in [4.69, 9.17) is 4.74 Å². The minimum atomic E-state index is 0.252. The van der Waals surface area contributed by atoms with Crippen LogP contribution in [0.25, 0.3) is 0 Å². The van der Waals surface area contributed by atoms with Crippen LogP contribution in [0, 0.1) is 0 Å². The summed E-state index contributed by atoms with van der Waals surface area (Å²) in [7, 11) is 0. The van der Waals surface area contributed by atoms with Crippen LogP contribution in [0.1, 0.15) is 45.1 Å². The average molecular weight is 220 g/mol. The molecule has 1 rings (SSSR count). The molecule has 2 nitrogen and oxygen atoms in total. The van der Waals surface area contributed by atoms with Gasteiger partial charge in [-0.15, -0.1) is 0 Å². The van der Waals surface area contributed by atoms with Crippen molar-refractivity contribution in [3.05, 3.63) is 29.8 Å². The van der Waals surface area contributed by atoms with Crippen LogP contribution < -0.4 is 4.74 Å². The largest absolute Gasteiger partial charge is 0.493 e. The molecule has 0 aliphatic carbocycles. The molecular formula is C14H20O2. The highest BCUT2D eigenvalue weighted by molar-refractivity contribution is 5.78. The van der Waals surface area contributed by atoms with Crippen molar-refractivity contribution < 1.29 is 9.53 Å². The van der Waals surface area contributed by atoms with Gasteiger partial charge >= 0.3 is 0 Å². The second-order valence-corrected chi connectivity index (χ2v) is 4.18. The van der Waals surface area contributed by atoms with Crippen molar-refractivity contribution in [2.45, 2.75) is 39.5 Å². The number of benzene rings is 1. The first-order valence-electron chi connectivity index (χ1n) is 5.88. The summed E-state index contributed by atoms with van der Waals surface area (Å²) in [5, 5.41) is 0. The van der Waals surface area contributed by atoms with Crippen molar-refractivity contribution >= 4 is 5.78 Å². The Morgan fingerprint density at radius 1 is 1.31 bits per heavy atom. The zero-order chi connectivity index (χ0) is 12.0. The van der Waals surface area contributed by atoms with Crippen LogP contribution in [0.4, 0.5) is 0 Å². The number of carbonyl (C=O) groups is 1. The van der Waals surface area contributed by atoms with E-state index in [9.17, 15) is 4.79 Å². The molecule has 0 saturated carbocycles. The molecule has 0 aromatic heterocycles. The Morgan fingerprint density at radius 3 is 2.62 bits per heavy atom. The average Bonchev–Trinajstić information content (AvgIpc) is 2.29. The molecule has 0 bridgehead atoms. The minimum absolute atomic E-state index is 0.252. The van der Waals surface area contributed by atoms with E-state index in [-0.39, 0.29) is 5.78 Å². The molecule has 2 heteroatoms. The molecule has 0 spiro atoms. The van der Waals surface area contributed by atoms with E-state index < -0.39 is 0 Å². The molecule has 88 valence electrons. The SMILES string of the molecule is CCC(=O)CCOc1ccccc1C(C)C. The number of rotatable bonds is 6. The monoisotopic (exact) mass is 220 g/mol. The molecule has 16 heavy (non-hydrogen) atoms. The van der Waals surface area contributed by atoms with Crippen LogP contribution in [-0.4, -0.2) is 12.4 Å². The van der Waals surface area contributed by atoms with Crippen molar-refractivity contribution in [2.24, 2.45) is 0 Å². The highest BCUT2D eigenvalue weighted by Crippen LogP contribution is 2.25. The lowest BCUT2D eigenvalue weighted by Crippen LogP contribution is -2.06. The Kier molecular flexibility index (Phi) is 5.03. The van der Waals surface area contributed by atoms with Gasteiger partial charge in [-0.2, -0.15) is 0 Å². The highest BCUT2D eigenvalue weighted by atomic mass is 16.5. The van der Waals surface area contributed by atoms with Crippen molar-refractivity contribution in [2.75, 3.05) is 6.61 Å². The van der Waals surface area contributed by atoms with Crippen LogP contribution in [0.3, 0.4) is 0 Å². The molecule has 0 amide bonds. The third-order valence-corrected chi connectivity index (χ3v) is 2.57. The van der Waals surface area contributed by atoms with Crippen LogP contribution in [0.15, 0.2) is 24.3 Å². The number of Topliss-reactive ketones (excluding diaryl/α,β-unsaturated/α-hetero) is 1. The van der Waals surface area contributed by atoms with E-state index in [0.717, 1.165) is 5.75 Å². The summed E-state index contributed by atoms with van der Waals surface area (Å²) >= 11 is 0. The van der Waals surface area contributed by atoms with E-state index in [1.165, 1.54) is 5.56 Å². The predicted molar refractivity (Wildman–Crippen MR) is 65.9 cm³/mol. The van der Waals surface area contributed by atoms with Crippen molar-refractivity contribution in [3.63, 3.8) is 0 Å². The molecule has 0 saturated heterocycles. The van der Waals surface area contributed by atoms with Gasteiger partial charge in [0.15, 0.2) is 0 Å². The van der Waals surface area contributed by atoms with Gasteiger partial charge in [0.05, 0.1) is 6.61 Å². The molecule has 0 heterocycles. The van der Waals surface area contributed by atoms with E-state index in [0.29, 0.717) is 25.4 Å². The quantitative estimate of drug-likeness (QED) is 0.732. The Hall–Kier alpha value is -1.31. The van der Waals surface area contributed by atoms with Gasteiger partial charge in [0.1, 0.15) is 11.5 Å². The first-order valence-corrected chi connectivity index (χ1v) is 5.88. The van der Waals surface area contributed by atoms with Crippen LogP contribution >= 0.6 is 0 Å². The van der Waals surface area contributed by atoms with Gasteiger partial charge < -0.3 is 4.74 Å². The van der Waals surface area contributed by atoms with Gasteiger partial charge in [-0.05, 0) is 17.5 Å². The fourth-order valence-electron chi connectivity index (χ4n) is 1.54. The minimum Gasteiger partial charge on any atom is -0.493 e. The maximum atomic E-state index is 11.1. The van der Waals surface area contributed by atoms with Crippen LogP contribution in [-0.2, 0) is 4.79 Å². The smallest absolute Gasteiger partial charge is 0.136 e. The van der Waals surface area contributed by atoms with Gasteiger partial charge in [-0.25, -0.2) is 0 Å². The third kappa shape index (κ3) is 3.69. The molecular weight excluding hydrogens is 200 g/mol. The first kappa shape index (κ1) is 12.8. The number of ketones is 1. The zero-order valence-electron chi connectivity index (χ0n) is 10.3. The van der Waals surface area contributed by atoms with Gasteiger partial charge in [0.2, 0.25) is 0 Å². The summed E-state index contributed by atoms with van der Waals surface area (Å²) in [4.78, 5) is 11.1. The van der Waals surface area contributed by atoms with Gasteiger partial charge in [-0.1, -0.05) is 39.0 Å². The van der Waals surface area contributed by atoms with Gasteiger partial charge in [0.25, 0.3) is 0 Å². The van der Waals surface area contributed by atoms with Gasteiger partial charge in [-0.3, -0.25) is 4.79 Å². The molecule has 0 atom stereocenters. The Bertz CT molecular complexity index is 342. The predicted octanol–water partition coefficient (Wildman–Crippen LogP) is 3.56. The maximum Gasteiger partial charge on any atom is 0.136 e. The fraction of sp³-hybridized carbons (Fsp3) is 0.500. The zero-order valence-corrected chi connectivity index (χ0v) is 10.3. The van der Waals surface area contributed by atoms with Crippen molar-refractivity contribution in [1.29, 1.82) is 0 Å². The number of carbonyl (C=O) groups excluding carboxylic acids is 1. The first-order chi connectivity index (χ1) is 7.65. The van der Waals surface area contributed by atoms with E-state index in [1.54, 1.807) is 0 Å². The third-order valence-electron chi connectivity index (χ3n) is 2.57. The Labute approximate surface area is 97.6 Å². The molecule has 0 aliphatic heterocycles. The molecule has 0 fully saturated rings. The number of ether oxygens (including phenoxy) is 1. The molecule has 0 radical (unpaired) electrons. The number of para-hydroxylation sites is 1. The van der Waals surface area contributed by atoms with Crippen molar-refractivity contribution in [3.8, 4) is 5.75 Å². The Morgan fingerprint density at radius 2 is 2.00 bits per heavy atom. The summed E-state index contributed by atoms with van der Waals surface area (Å²) in [6.45, 7) is 6.64. The lowest BCUT2D eigenvalue weighted by atomic mass is 10.0. The van der Waals surface area contributed by atoms with Gasteiger partial charge in [0, 0.05) is 12.8 Å². The topological polar surface area (TPSA) is 26.3 Å². The van der Waals surface area contributed by atoms with E-state index >= 15 is 0 Å². The maximum absolute atomic E-state index is 11.1. The summed E-state index contributed by atoms with van der Waals surface area (Å²) in [6, 6.07) is 8.01. The standard InChI is InChI=1S/C14H20O2/c1-4-12(15)9-10-16-14-8-6-5-7-13(14)11(2)3/h5-8,11H,4,9-10H2,1-3H3. The van der Waals surface area contributed by atoms with Crippen molar-refractivity contribution in [1.82, 2.24) is 0 Å². The summed E-state index contributed by atoms with van der Waals surface area (Å²) < 4.78 is 5.65. The van der Waals surface area contributed by atoms with Crippen LogP contribution in [0.5, 0.6) is 5.75 Å². The van der Waals surface area contributed by atoms with Crippen LogP contribution in [0.2, 0.25) is 0 Å². The molecule has 1 aromatic rings. The van der Waals surface area contributed by atoms with E-state index in [2.05, 4.69) is 19.9 Å². The number of hydrogen-bond acceptors (Lipinski definition) is 2. The van der Waals surface area contributed by atoms with E-state index in [1.807, 2.05) is 25.1 Å². The molecule has 0 aliphatic rings.